The van der Waals surface area contributed by atoms with E-state index in [9.17, 15) is 4.57 Å². The van der Waals surface area contributed by atoms with Crippen molar-refractivity contribution in [1.29, 1.82) is 0 Å². The molecule has 105 valence electrons. The van der Waals surface area contributed by atoms with Gasteiger partial charge in [0.2, 0.25) is 0 Å². The molecule has 19 heavy (non-hydrogen) atoms. The Bertz CT molecular complexity index is 625. The van der Waals surface area contributed by atoms with Gasteiger partial charge in [-0.25, -0.2) is 9.66 Å². The Morgan fingerprint density at radius 2 is 2.11 bits per heavy atom. The van der Waals surface area contributed by atoms with Crippen LogP contribution in [0.2, 0.25) is 0 Å². The number of aromatic nitrogens is 3. The van der Waals surface area contributed by atoms with Gasteiger partial charge in [-0.15, -0.1) is 11.6 Å². The zero-order chi connectivity index (χ0) is 13.3. The SMILES string of the molecule is Cc1ccc(-c2[c-]nnn2C)cc1OP(=O)(O)O.[Rh]. The molecule has 0 bridgehead atoms. The zero-order valence-corrected chi connectivity index (χ0v) is 12.6. The summed E-state index contributed by atoms with van der Waals surface area (Å²) in [5.74, 6) is 0.121. The third kappa shape index (κ3) is 3.95. The molecule has 0 unspecified atom stereocenters. The van der Waals surface area contributed by atoms with Crippen molar-refractivity contribution in [3.63, 3.8) is 0 Å². The van der Waals surface area contributed by atoms with E-state index >= 15 is 0 Å². The van der Waals surface area contributed by atoms with E-state index in [1.165, 1.54) is 10.7 Å². The summed E-state index contributed by atoms with van der Waals surface area (Å²) < 4.78 is 17.0. The Balaban J connectivity index is 0.00000180. The van der Waals surface area contributed by atoms with Gasteiger partial charge in [0.05, 0.1) is 0 Å². The molecular formula is C10H11N3O4PRh-. The van der Waals surface area contributed by atoms with Gasteiger partial charge in [0, 0.05) is 26.5 Å². The Morgan fingerprint density at radius 3 is 2.63 bits per heavy atom. The van der Waals surface area contributed by atoms with Crippen LogP contribution in [0, 0.1) is 13.1 Å². The summed E-state index contributed by atoms with van der Waals surface area (Å²) in [4.78, 5) is 17.6. The summed E-state index contributed by atoms with van der Waals surface area (Å²) in [6.07, 6.45) is 2.68. The number of hydrogen-bond acceptors (Lipinski definition) is 4. The molecule has 1 aromatic carbocycles. The first kappa shape index (κ1) is 16.0. The molecule has 0 saturated carbocycles. The van der Waals surface area contributed by atoms with E-state index in [0.29, 0.717) is 16.8 Å². The van der Waals surface area contributed by atoms with Crippen LogP contribution < -0.4 is 4.52 Å². The van der Waals surface area contributed by atoms with Gasteiger partial charge in [-0.2, -0.15) is 0 Å². The van der Waals surface area contributed by atoms with Gasteiger partial charge < -0.3 is 4.52 Å². The van der Waals surface area contributed by atoms with Crippen LogP contribution >= 0.6 is 7.82 Å². The van der Waals surface area contributed by atoms with Crippen LogP contribution in [-0.2, 0) is 31.1 Å². The fourth-order valence-electron chi connectivity index (χ4n) is 1.48. The van der Waals surface area contributed by atoms with E-state index in [4.69, 9.17) is 9.79 Å². The first-order chi connectivity index (χ1) is 8.37. The first-order valence-corrected chi connectivity index (χ1v) is 6.53. The minimum atomic E-state index is -4.57. The number of phosphoric acid groups is 1. The van der Waals surface area contributed by atoms with Crippen LogP contribution in [0.1, 0.15) is 5.56 Å². The second-order valence-electron chi connectivity index (χ2n) is 3.74. The Hall–Kier alpha value is -1.07. The van der Waals surface area contributed by atoms with Crippen molar-refractivity contribution in [1.82, 2.24) is 15.0 Å². The molecule has 2 rings (SSSR count). The van der Waals surface area contributed by atoms with Crippen LogP contribution in [0.25, 0.3) is 11.3 Å². The minimum absolute atomic E-state index is 0. The Kier molecular flexibility index (Phi) is 4.99. The number of aryl methyl sites for hydroxylation is 2. The smallest absolute Gasteiger partial charge is 0.406 e. The summed E-state index contributed by atoms with van der Waals surface area (Å²) in [5.41, 5.74) is 1.89. The van der Waals surface area contributed by atoms with Gasteiger partial charge in [0.25, 0.3) is 0 Å². The number of benzene rings is 1. The predicted molar refractivity (Wildman–Crippen MR) is 62.7 cm³/mol. The summed E-state index contributed by atoms with van der Waals surface area (Å²) >= 11 is 0. The monoisotopic (exact) mass is 371 g/mol. The second-order valence-corrected chi connectivity index (χ2v) is 4.90. The molecule has 0 amide bonds. The Labute approximate surface area is 122 Å². The van der Waals surface area contributed by atoms with Crippen molar-refractivity contribution in [3.05, 3.63) is 30.0 Å². The third-order valence-electron chi connectivity index (χ3n) is 2.34. The molecule has 7 nitrogen and oxygen atoms in total. The van der Waals surface area contributed by atoms with Crippen LogP contribution in [0.5, 0.6) is 5.75 Å². The van der Waals surface area contributed by atoms with Gasteiger partial charge in [-0.05, 0) is 12.5 Å². The molecule has 0 saturated heterocycles. The van der Waals surface area contributed by atoms with Crippen molar-refractivity contribution in [2.75, 3.05) is 0 Å². The molecule has 0 aliphatic heterocycles. The topological polar surface area (TPSA) is 97.5 Å². The Morgan fingerprint density at radius 1 is 1.42 bits per heavy atom. The van der Waals surface area contributed by atoms with Gasteiger partial charge in [-0.1, -0.05) is 29.2 Å². The molecular weight excluding hydrogens is 360 g/mol. The average Bonchev–Trinajstić information content (AvgIpc) is 2.66. The maximum absolute atomic E-state index is 10.9. The van der Waals surface area contributed by atoms with Crippen molar-refractivity contribution >= 4 is 7.82 Å². The fraction of sp³-hybridized carbons (Fsp3) is 0.200. The normalized spacial score (nSPS) is 10.9. The maximum atomic E-state index is 10.9. The molecule has 2 aromatic rings. The van der Waals surface area contributed by atoms with Gasteiger partial charge >= 0.3 is 7.82 Å². The number of phosphoric ester groups is 1. The van der Waals surface area contributed by atoms with Crippen LogP contribution in [0.3, 0.4) is 0 Å². The van der Waals surface area contributed by atoms with Crippen molar-refractivity contribution in [2.24, 2.45) is 7.05 Å². The summed E-state index contributed by atoms with van der Waals surface area (Å²) in [5, 5.41) is 7.35. The predicted octanol–water partition coefficient (Wildman–Crippen LogP) is 1.06. The summed E-state index contributed by atoms with van der Waals surface area (Å²) in [7, 11) is -2.87. The third-order valence-corrected chi connectivity index (χ3v) is 2.77. The second kappa shape index (κ2) is 5.93. The molecule has 0 atom stereocenters. The van der Waals surface area contributed by atoms with E-state index in [2.05, 4.69) is 21.0 Å². The largest absolute Gasteiger partial charge is 0.524 e. The molecule has 1 heterocycles. The van der Waals surface area contributed by atoms with Crippen molar-refractivity contribution in [3.8, 4) is 17.0 Å². The average molecular weight is 371 g/mol. The minimum Gasteiger partial charge on any atom is -0.406 e. The van der Waals surface area contributed by atoms with Gasteiger partial charge in [-0.3, -0.25) is 14.5 Å². The van der Waals surface area contributed by atoms with Crippen LogP contribution in [0.4, 0.5) is 0 Å². The van der Waals surface area contributed by atoms with Gasteiger partial charge in [0.15, 0.2) is 0 Å². The van der Waals surface area contributed by atoms with Crippen LogP contribution in [-0.4, -0.2) is 24.8 Å². The van der Waals surface area contributed by atoms with E-state index in [-0.39, 0.29) is 25.2 Å². The van der Waals surface area contributed by atoms with E-state index in [1.54, 1.807) is 26.1 Å². The molecule has 9 heteroatoms. The van der Waals surface area contributed by atoms with Crippen LogP contribution in [0.15, 0.2) is 18.2 Å². The molecule has 1 aromatic heterocycles. The van der Waals surface area contributed by atoms with Gasteiger partial charge in [0.1, 0.15) is 5.75 Å². The van der Waals surface area contributed by atoms with E-state index in [1.807, 2.05) is 0 Å². The molecule has 0 aliphatic carbocycles. The van der Waals surface area contributed by atoms with Crippen molar-refractivity contribution < 1.29 is 38.4 Å². The molecule has 0 spiro atoms. The molecule has 0 aliphatic rings. The molecule has 0 fully saturated rings. The number of rotatable bonds is 3. The molecule has 1 radical (unpaired) electrons. The first-order valence-electron chi connectivity index (χ1n) is 5.00. The standard InChI is InChI=1S/C10H11N3O4P.Rh/c1-7-3-4-8(9-6-11-12-13(9)2)5-10(7)17-18(14,15)16;/h3-5H,1-2H3,(H2,14,15,16);/q-1;. The summed E-state index contributed by atoms with van der Waals surface area (Å²) in [6.45, 7) is 1.69. The number of hydrogen-bond donors (Lipinski definition) is 2. The quantitative estimate of drug-likeness (QED) is 0.476. The van der Waals surface area contributed by atoms with E-state index < -0.39 is 7.82 Å². The van der Waals surface area contributed by atoms with Crippen molar-refractivity contribution in [2.45, 2.75) is 6.92 Å². The van der Waals surface area contributed by atoms with E-state index in [0.717, 1.165) is 0 Å². The number of nitrogens with zero attached hydrogens (tertiary/aromatic N) is 3. The summed E-state index contributed by atoms with van der Waals surface area (Å²) in [6, 6.07) is 4.99. The maximum Gasteiger partial charge on any atom is 0.524 e. The molecule has 2 N–H and O–H groups in total. The zero-order valence-electron chi connectivity index (χ0n) is 10.1. The fourth-order valence-corrected chi connectivity index (χ4v) is 1.93.